The number of aliphatic hydroxyl groups is 1. The summed E-state index contributed by atoms with van der Waals surface area (Å²) in [5.74, 6) is -0.761. The number of nitrogens with zero attached hydrogens (tertiary/aromatic N) is 1. The Balaban J connectivity index is 1.83. The Kier molecular flexibility index (Phi) is 10.4. The van der Waals surface area contributed by atoms with E-state index in [9.17, 15) is 9.90 Å². The Morgan fingerprint density at radius 3 is 2.58 bits per heavy atom. The van der Waals surface area contributed by atoms with E-state index >= 15 is 0 Å². The van der Waals surface area contributed by atoms with Crippen LogP contribution >= 0.6 is 0 Å². The summed E-state index contributed by atoms with van der Waals surface area (Å²) in [7, 11) is 0. The normalized spacial score (nSPS) is 19.7. The summed E-state index contributed by atoms with van der Waals surface area (Å²) < 4.78 is 0. The third-order valence-electron chi connectivity index (χ3n) is 6.75. The Morgan fingerprint density at radius 1 is 1.14 bits per heavy atom. The number of aliphatic carboxylic acids is 1. The summed E-state index contributed by atoms with van der Waals surface area (Å²) in [6.45, 7) is 7.05. The molecular weight excluding hydrogens is 450 g/mol. The van der Waals surface area contributed by atoms with E-state index in [2.05, 4.69) is 46.7 Å². The van der Waals surface area contributed by atoms with Crippen LogP contribution < -0.4 is 10.6 Å². The lowest BCUT2D eigenvalue weighted by Gasteiger charge is -2.36. The summed E-state index contributed by atoms with van der Waals surface area (Å²) in [4.78, 5) is 13.1. The summed E-state index contributed by atoms with van der Waals surface area (Å²) in [6.07, 6.45) is 13.6. The van der Waals surface area contributed by atoms with Crippen molar-refractivity contribution in [2.45, 2.75) is 78.4 Å². The molecule has 4 N–H and O–H groups in total. The van der Waals surface area contributed by atoms with Crippen molar-refractivity contribution in [2.24, 2.45) is 0 Å². The zero-order valence-electron chi connectivity index (χ0n) is 21.9. The van der Waals surface area contributed by atoms with Crippen LogP contribution in [0.4, 0.5) is 0 Å². The van der Waals surface area contributed by atoms with Crippen LogP contribution in [0.25, 0.3) is 5.70 Å². The Morgan fingerprint density at radius 2 is 1.92 bits per heavy atom. The fraction of sp³-hybridized carbons (Fsp3) is 0.433. The molecule has 0 radical (unpaired) electrons. The molecule has 2 heterocycles. The quantitative estimate of drug-likeness (QED) is 0.283. The molecule has 0 aliphatic carbocycles. The van der Waals surface area contributed by atoms with Crippen LogP contribution in [0.3, 0.4) is 0 Å². The number of unbranched alkanes of at least 4 members (excludes halogenated alkanes) is 1. The van der Waals surface area contributed by atoms with Gasteiger partial charge in [0.05, 0.1) is 17.1 Å². The zero-order chi connectivity index (χ0) is 25.9. The molecule has 0 fully saturated rings. The second-order valence-electron chi connectivity index (χ2n) is 9.25. The lowest BCUT2D eigenvalue weighted by atomic mass is 9.98. The molecule has 1 aromatic rings. The minimum absolute atomic E-state index is 0.175. The van der Waals surface area contributed by atoms with Crippen molar-refractivity contribution in [3.63, 3.8) is 0 Å². The fourth-order valence-corrected chi connectivity index (χ4v) is 4.88. The van der Waals surface area contributed by atoms with Gasteiger partial charge in [-0.1, -0.05) is 55.5 Å². The number of carboxylic acids is 1. The molecule has 2 aliphatic rings. The van der Waals surface area contributed by atoms with E-state index < -0.39 is 12.2 Å². The van der Waals surface area contributed by atoms with Gasteiger partial charge in [-0.25, -0.2) is 0 Å². The van der Waals surface area contributed by atoms with Crippen molar-refractivity contribution in [2.75, 3.05) is 6.54 Å². The third kappa shape index (κ3) is 7.14. The third-order valence-corrected chi connectivity index (χ3v) is 6.75. The van der Waals surface area contributed by atoms with Gasteiger partial charge in [0, 0.05) is 30.8 Å². The van der Waals surface area contributed by atoms with E-state index in [0.29, 0.717) is 12.8 Å². The SMILES string of the molecule is C/C=C\C1=C(CC)CCCN1C(O)C/C=C1/NC(CCCCC(=O)O)=C(c2ccccc2)N/C1=C/C. The minimum atomic E-state index is -0.761. The van der Waals surface area contributed by atoms with Crippen LogP contribution in [0.2, 0.25) is 0 Å². The first-order valence-electron chi connectivity index (χ1n) is 13.2. The van der Waals surface area contributed by atoms with Crippen LogP contribution in [0, 0.1) is 0 Å². The molecule has 0 saturated carbocycles. The smallest absolute Gasteiger partial charge is 0.303 e. The minimum Gasteiger partial charge on any atom is -0.481 e. The predicted molar refractivity (Wildman–Crippen MR) is 146 cm³/mol. The average Bonchev–Trinajstić information content (AvgIpc) is 2.90. The maximum Gasteiger partial charge on any atom is 0.303 e. The van der Waals surface area contributed by atoms with Crippen LogP contribution in [-0.2, 0) is 4.79 Å². The number of allylic oxidation sites excluding steroid dienone is 5. The highest BCUT2D eigenvalue weighted by Crippen LogP contribution is 2.30. The van der Waals surface area contributed by atoms with Crippen LogP contribution in [0.5, 0.6) is 0 Å². The molecule has 0 spiro atoms. The molecule has 2 aliphatic heterocycles. The van der Waals surface area contributed by atoms with Gasteiger partial charge in [-0.2, -0.15) is 0 Å². The van der Waals surface area contributed by atoms with Crippen LogP contribution in [0.1, 0.15) is 77.7 Å². The van der Waals surface area contributed by atoms with Gasteiger partial charge in [-0.05, 0) is 69.6 Å². The molecule has 6 nitrogen and oxygen atoms in total. The van der Waals surface area contributed by atoms with Gasteiger partial charge in [0.1, 0.15) is 6.23 Å². The number of carboxylic acid groups (broad SMARTS) is 1. The molecule has 1 atom stereocenters. The van der Waals surface area contributed by atoms with Gasteiger partial charge in [0.2, 0.25) is 0 Å². The Hall–Kier alpha value is -3.25. The number of nitrogens with one attached hydrogen (secondary N) is 2. The van der Waals surface area contributed by atoms with Gasteiger partial charge >= 0.3 is 5.97 Å². The van der Waals surface area contributed by atoms with E-state index in [1.807, 2.05) is 44.2 Å². The van der Waals surface area contributed by atoms with E-state index in [1.54, 1.807) is 0 Å². The summed E-state index contributed by atoms with van der Waals surface area (Å²) in [5, 5.41) is 27.4. The van der Waals surface area contributed by atoms with E-state index in [1.165, 1.54) is 5.57 Å². The van der Waals surface area contributed by atoms with Gasteiger partial charge in [-0.3, -0.25) is 4.79 Å². The Labute approximate surface area is 215 Å². The maximum atomic E-state index is 11.2. The molecule has 194 valence electrons. The molecule has 0 bridgehead atoms. The first-order chi connectivity index (χ1) is 17.5. The van der Waals surface area contributed by atoms with E-state index in [4.69, 9.17) is 5.11 Å². The van der Waals surface area contributed by atoms with Crippen molar-refractivity contribution in [1.82, 2.24) is 15.5 Å². The average molecular weight is 492 g/mol. The lowest BCUT2D eigenvalue weighted by molar-refractivity contribution is -0.137. The second-order valence-corrected chi connectivity index (χ2v) is 9.25. The monoisotopic (exact) mass is 491 g/mol. The highest BCUT2D eigenvalue weighted by molar-refractivity contribution is 5.72. The van der Waals surface area contributed by atoms with Crippen molar-refractivity contribution >= 4 is 11.7 Å². The first kappa shape index (κ1) is 27.3. The van der Waals surface area contributed by atoms with Crippen molar-refractivity contribution in [1.29, 1.82) is 0 Å². The molecule has 1 unspecified atom stereocenters. The fourth-order valence-electron chi connectivity index (χ4n) is 4.88. The van der Waals surface area contributed by atoms with Crippen molar-refractivity contribution in [3.05, 3.63) is 88.6 Å². The topological polar surface area (TPSA) is 84.8 Å². The molecule has 3 rings (SSSR count). The molecule has 0 amide bonds. The molecule has 36 heavy (non-hydrogen) atoms. The standard InChI is InChI=1S/C30H41N3O3/c1-4-13-27-22(5-2)16-12-21-33(27)28(34)20-19-25-24(6-3)32-30(23-14-8-7-9-15-23)26(31-25)17-10-11-18-29(35)36/h4,6-9,13-15,19,28,31-32,34H,5,10-12,16-18,20-21H2,1-3H3,(H,35,36)/b13-4-,24-6+,25-19+. The largest absolute Gasteiger partial charge is 0.481 e. The highest BCUT2D eigenvalue weighted by atomic mass is 16.4. The highest BCUT2D eigenvalue weighted by Gasteiger charge is 2.24. The molecule has 6 heteroatoms. The van der Waals surface area contributed by atoms with Crippen LogP contribution in [-0.4, -0.2) is 33.9 Å². The second kappa shape index (κ2) is 13.7. The van der Waals surface area contributed by atoms with Crippen molar-refractivity contribution < 1.29 is 15.0 Å². The number of benzene rings is 1. The number of aliphatic hydroxyl groups excluding tert-OH is 1. The molecular formula is C30H41N3O3. The maximum absolute atomic E-state index is 11.2. The number of rotatable bonds is 11. The molecule has 1 aromatic carbocycles. The summed E-state index contributed by atoms with van der Waals surface area (Å²) in [5.41, 5.74) is 7.59. The number of hydrogen-bond acceptors (Lipinski definition) is 5. The summed E-state index contributed by atoms with van der Waals surface area (Å²) in [6, 6.07) is 10.2. The number of hydrogen-bond donors (Lipinski definition) is 4. The van der Waals surface area contributed by atoms with Gasteiger partial charge < -0.3 is 25.7 Å². The van der Waals surface area contributed by atoms with Gasteiger partial charge in [0.25, 0.3) is 0 Å². The predicted octanol–water partition coefficient (Wildman–Crippen LogP) is 6.03. The first-order valence-corrected chi connectivity index (χ1v) is 13.2. The zero-order valence-corrected chi connectivity index (χ0v) is 21.9. The molecule has 0 aromatic heterocycles. The number of carbonyl (C=O) groups is 1. The van der Waals surface area contributed by atoms with E-state index in [0.717, 1.165) is 72.7 Å². The van der Waals surface area contributed by atoms with Gasteiger partial charge in [-0.15, -0.1) is 0 Å². The van der Waals surface area contributed by atoms with Gasteiger partial charge in [0.15, 0.2) is 0 Å². The summed E-state index contributed by atoms with van der Waals surface area (Å²) >= 11 is 0. The lowest BCUT2D eigenvalue weighted by Crippen LogP contribution is -2.38. The van der Waals surface area contributed by atoms with Crippen molar-refractivity contribution in [3.8, 4) is 0 Å². The van der Waals surface area contributed by atoms with E-state index in [-0.39, 0.29) is 6.42 Å². The Bertz CT molecular complexity index is 1050. The van der Waals surface area contributed by atoms with Crippen LogP contribution in [0.15, 0.2) is 83.0 Å². The molecule has 0 saturated heterocycles.